The van der Waals surface area contributed by atoms with E-state index >= 15 is 0 Å². The molecule has 4 rings (SSSR count). The maximum absolute atomic E-state index is 12.7. The Hall–Kier alpha value is -2.70. The number of halogens is 1. The Morgan fingerprint density at radius 1 is 1.14 bits per heavy atom. The maximum Gasteiger partial charge on any atom is 0.338 e. The van der Waals surface area contributed by atoms with Crippen LogP contribution in [-0.4, -0.2) is 41.9 Å². The van der Waals surface area contributed by atoms with Crippen molar-refractivity contribution in [2.24, 2.45) is 0 Å². The van der Waals surface area contributed by atoms with Crippen molar-refractivity contribution in [1.82, 2.24) is 4.90 Å². The van der Waals surface area contributed by atoms with E-state index in [1.807, 2.05) is 0 Å². The van der Waals surface area contributed by atoms with Crippen LogP contribution in [0.3, 0.4) is 0 Å². The van der Waals surface area contributed by atoms with Crippen LogP contribution in [0.5, 0.6) is 0 Å². The summed E-state index contributed by atoms with van der Waals surface area (Å²) in [6.45, 7) is 0.904. The Morgan fingerprint density at radius 3 is 2.68 bits per heavy atom. The molecule has 0 radical (unpaired) electrons. The summed E-state index contributed by atoms with van der Waals surface area (Å²) in [4.78, 5) is 38.8. The molecule has 1 saturated heterocycles. The van der Waals surface area contributed by atoms with Crippen molar-refractivity contribution in [3.05, 3.63) is 69.7 Å². The molecule has 0 saturated carbocycles. The predicted molar refractivity (Wildman–Crippen MR) is 101 cm³/mol. The van der Waals surface area contributed by atoms with Gasteiger partial charge in [0.2, 0.25) is 0 Å². The van der Waals surface area contributed by atoms with Gasteiger partial charge in [-0.05, 0) is 37.1 Å². The number of imide groups is 1. The standard InChI is InChI=1S/C21H18ClNO5/c22-18-6-2-1-4-14(18)12-28-21(26)13-7-8-16-17(10-13)20(25)23(19(16)24)11-15-5-3-9-27-15/h1-2,4,6-8,10,15H,3,5,9,11-12H2. The molecule has 0 aromatic heterocycles. The van der Waals surface area contributed by atoms with Crippen molar-refractivity contribution >= 4 is 29.4 Å². The highest BCUT2D eigenvalue weighted by molar-refractivity contribution is 6.31. The minimum absolute atomic E-state index is 0.0214. The highest BCUT2D eigenvalue weighted by atomic mass is 35.5. The van der Waals surface area contributed by atoms with Crippen LogP contribution in [0.25, 0.3) is 0 Å². The minimum atomic E-state index is -0.583. The van der Waals surface area contributed by atoms with Crippen molar-refractivity contribution < 1.29 is 23.9 Å². The topological polar surface area (TPSA) is 72.9 Å². The summed E-state index contributed by atoms with van der Waals surface area (Å²) in [6.07, 6.45) is 1.63. The van der Waals surface area contributed by atoms with Gasteiger partial charge in [0.15, 0.2) is 0 Å². The van der Waals surface area contributed by atoms with Gasteiger partial charge in [-0.1, -0.05) is 29.8 Å². The first-order valence-electron chi connectivity index (χ1n) is 9.07. The largest absolute Gasteiger partial charge is 0.457 e. The lowest BCUT2D eigenvalue weighted by Crippen LogP contribution is -2.36. The van der Waals surface area contributed by atoms with E-state index in [1.165, 1.54) is 23.1 Å². The summed E-state index contributed by atoms with van der Waals surface area (Å²) in [5.41, 5.74) is 1.42. The first-order chi connectivity index (χ1) is 13.5. The normalized spacial score (nSPS) is 18.5. The average Bonchev–Trinajstić information content (AvgIpc) is 3.30. The monoisotopic (exact) mass is 399 g/mol. The van der Waals surface area contributed by atoms with Crippen LogP contribution in [0, 0.1) is 0 Å². The summed E-state index contributed by atoms with van der Waals surface area (Å²) >= 11 is 6.06. The van der Waals surface area contributed by atoms with Crippen LogP contribution in [0.4, 0.5) is 0 Å². The quantitative estimate of drug-likeness (QED) is 0.568. The second-order valence-corrected chi connectivity index (χ2v) is 7.19. The molecule has 2 aliphatic heterocycles. The second-order valence-electron chi connectivity index (χ2n) is 6.78. The number of ether oxygens (including phenoxy) is 2. The van der Waals surface area contributed by atoms with Gasteiger partial charge in [-0.15, -0.1) is 0 Å². The third kappa shape index (κ3) is 3.53. The van der Waals surface area contributed by atoms with Crippen LogP contribution in [0.1, 0.15) is 49.5 Å². The van der Waals surface area contributed by atoms with Gasteiger partial charge in [0.1, 0.15) is 6.61 Å². The van der Waals surface area contributed by atoms with E-state index in [2.05, 4.69) is 0 Å². The average molecular weight is 400 g/mol. The molecule has 1 atom stereocenters. The molecule has 6 nitrogen and oxygen atoms in total. The van der Waals surface area contributed by atoms with E-state index in [-0.39, 0.29) is 36.3 Å². The fourth-order valence-electron chi connectivity index (χ4n) is 3.42. The number of nitrogens with zero attached hydrogens (tertiary/aromatic N) is 1. The molecule has 1 unspecified atom stereocenters. The lowest BCUT2D eigenvalue weighted by Gasteiger charge is -2.17. The number of esters is 1. The van der Waals surface area contributed by atoms with Crippen molar-refractivity contribution in [2.75, 3.05) is 13.2 Å². The Labute approximate surface area is 167 Å². The third-order valence-electron chi connectivity index (χ3n) is 4.93. The zero-order valence-corrected chi connectivity index (χ0v) is 15.8. The number of amides is 2. The number of carbonyl (C=O) groups is 3. The van der Waals surface area contributed by atoms with Gasteiger partial charge in [0.25, 0.3) is 11.8 Å². The summed E-state index contributed by atoms with van der Waals surface area (Å²) in [7, 11) is 0. The molecule has 0 spiro atoms. The first kappa shape index (κ1) is 18.7. The zero-order chi connectivity index (χ0) is 19.7. The van der Waals surface area contributed by atoms with Crippen LogP contribution in [-0.2, 0) is 16.1 Å². The van der Waals surface area contributed by atoms with Crippen molar-refractivity contribution in [3.8, 4) is 0 Å². The fourth-order valence-corrected chi connectivity index (χ4v) is 3.61. The number of fused-ring (bicyclic) bond motifs is 1. The van der Waals surface area contributed by atoms with Gasteiger partial charge in [0.05, 0.1) is 29.3 Å². The highest BCUT2D eigenvalue weighted by Crippen LogP contribution is 2.26. The van der Waals surface area contributed by atoms with E-state index in [4.69, 9.17) is 21.1 Å². The Bertz CT molecular complexity index is 952. The van der Waals surface area contributed by atoms with Gasteiger partial charge in [-0.25, -0.2) is 4.79 Å². The Balaban J connectivity index is 1.48. The lowest BCUT2D eigenvalue weighted by molar-refractivity contribution is 0.0469. The number of rotatable bonds is 5. The van der Waals surface area contributed by atoms with Crippen LogP contribution >= 0.6 is 11.6 Å². The molecule has 0 aliphatic carbocycles. The van der Waals surface area contributed by atoms with Gasteiger partial charge < -0.3 is 9.47 Å². The number of hydrogen-bond acceptors (Lipinski definition) is 5. The van der Waals surface area contributed by atoms with Crippen LogP contribution in [0.2, 0.25) is 5.02 Å². The van der Waals surface area contributed by atoms with Crippen LogP contribution < -0.4 is 0 Å². The molecule has 1 fully saturated rings. The van der Waals surface area contributed by atoms with Crippen molar-refractivity contribution in [1.29, 1.82) is 0 Å². The van der Waals surface area contributed by atoms with Crippen molar-refractivity contribution in [3.63, 3.8) is 0 Å². The Kier molecular flexibility index (Phi) is 5.15. The van der Waals surface area contributed by atoms with Gasteiger partial charge in [0, 0.05) is 17.2 Å². The number of carbonyl (C=O) groups excluding carboxylic acids is 3. The molecule has 0 bridgehead atoms. The van der Waals surface area contributed by atoms with E-state index in [0.29, 0.717) is 22.8 Å². The van der Waals surface area contributed by atoms with Crippen LogP contribution in [0.15, 0.2) is 42.5 Å². The second kappa shape index (κ2) is 7.73. The molecule has 2 aromatic carbocycles. The van der Waals surface area contributed by atoms with Gasteiger partial charge in [-0.2, -0.15) is 0 Å². The molecule has 0 N–H and O–H groups in total. The van der Waals surface area contributed by atoms with E-state index in [9.17, 15) is 14.4 Å². The number of benzene rings is 2. The molecule has 144 valence electrons. The van der Waals surface area contributed by atoms with E-state index in [0.717, 1.165) is 12.8 Å². The summed E-state index contributed by atoms with van der Waals surface area (Å²) in [5.74, 6) is -1.34. The fraction of sp³-hybridized carbons (Fsp3) is 0.286. The first-order valence-corrected chi connectivity index (χ1v) is 9.45. The van der Waals surface area contributed by atoms with Crippen molar-refractivity contribution in [2.45, 2.75) is 25.6 Å². The van der Waals surface area contributed by atoms with Gasteiger partial charge >= 0.3 is 5.97 Å². The predicted octanol–water partition coefficient (Wildman–Crippen LogP) is 3.47. The summed E-state index contributed by atoms with van der Waals surface area (Å²) in [5, 5.41) is 0.509. The van der Waals surface area contributed by atoms with E-state index < -0.39 is 11.9 Å². The van der Waals surface area contributed by atoms with Gasteiger partial charge in [-0.3, -0.25) is 14.5 Å². The third-order valence-corrected chi connectivity index (χ3v) is 5.30. The molecular weight excluding hydrogens is 382 g/mol. The SMILES string of the molecule is O=C(OCc1ccccc1Cl)c1ccc2c(c1)C(=O)N(CC1CCCO1)C2=O. The van der Waals surface area contributed by atoms with E-state index in [1.54, 1.807) is 24.3 Å². The summed E-state index contributed by atoms with van der Waals surface area (Å²) < 4.78 is 10.8. The lowest BCUT2D eigenvalue weighted by atomic mass is 10.1. The highest BCUT2D eigenvalue weighted by Gasteiger charge is 2.38. The molecule has 7 heteroatoms. The Morgan fingerprint density at radius 2 is 1.93 bits per heavy atom. The molecule has 2 amide bonds. The molecule has 2 aromatic rings. The smallest absolute Gasteiger partial charge is 0.338 e. The zero-order valence-electron chi connectivity index (χ0n) is 15.0. The molecular formula is C21H18ClNO5. The maximum atomic E-state index is 12.7. The number of hydrogen-bond donors (Lipinski definition) is 0. The molecule has 2 aliphatic rings. The summed E-state index contributed by atoms with van der Waals surface area (Å²) in [6, 6.07) is 11.5. The molecule has 28 heavy (non-hydrogen) atoms. The molecule has 2 heterocycles. The minimum Gasteiger partial charge on any atom is -0.457 e.